The summed E-state index contributed by atoms with van der Waals surface area (Å²) in [5.74, 6) is 0.672. The number of carbonyl (C=O) groups excluding carboxylic acids is 2. The van der Waals surface area contributed by atoms with Gasteiger partial charge in [0.05, 0.1) is 7.11 Å². The van der Waals surface area contributed by atoms with Crippen molar-refractivity contribution in [2.75, 3.05) is 7.11 Å². The molecule has 0 spiro atoms. The lowest BCUT2D eigenvalue weighted by molar-refractivity contribution is -0.145. The molecular weight excluding hydrogens is 254 g/mol. The van der Waals surface area contributed by atoms with Crippen LogP contribution >= 0.6 is 0 Å². The molecule has 1 fully saturated rings. The quantitative estimate of drug-likeness (QED) is 0.731. The number of hydrogen-bond donors (Lipinski definition) is 1. The highest BCUT2D eigenvalue weighted by Crippen LogP contribution is 2.27. The van der Waals surface area contributed by atoms with Gasteiger partial charge in [-0.3, -0.25) is 4.79 Å². The molecule has 116 valence electrons. The summed E-state index contributed by atoms with van der Waals surface area (Å²) in [7, 11) is 1.36. The first-order valence-corrected chi connectivity index (χ1v) is 7.90. The molecular formula is C16H29NO3. The van der Waals surface area contributed by atoms with E-state index in [2.05, 4.69) is 5.32 Å². The smallest absolute Gasteiger partial charge is 0.328 e. The third kappa shape index (κ3) is 6.40. The normalized spacial score (nSPS) is 17.8. The van der Waals surface area contributed by atoms with Crippen LogP contribution in [0.4, 0.5) is 0 Å². The van der Waals surface area contributed by atoms with Crippen LogP contribution in [0.3, 0.4) is 0 Å². The second kappa shape index (κ2) is 8.98. The van der Waals surface area contributed by atoms with E-state index in [0.717, 1.165) is 6.42 Å². The van der Waals surface area contributed by atoms with Crippen LogP contribution in [0, 0.1) is 11.8 Å². The molecule has 0 heterocycles. The fourth-order valence-corrected chi connectivity index (χ4v) is 2.91. The minimum absolute atomic E-state index is 0.0216. The Morgan fingerprint density at radius 1 is 1.20 bits per heavy atom. The summed E-state index contributed by atoms with van der Waals surface area (Å²) in [5, 5.41) is 2.83. The van der Waals surface area contributed by atoms with Crippen LogP contribution in [0.5, 0.6) is 0 Å². The highest BCUT2D eigenvalue weighted by Gasteiger charge is 2.23. The molecule has 0 bridgehead atoms. The van der Waals surface area contributed by atoms with E-state index in [9.17, 15) is 9.59 Å². The van der Waals surface area contributed by atoms with Gasteiger partial charge in [-0.05, 0) is 24.7 Å². The van der Waals surface area contributed by atoms with Crippen LogP contribution in [0.25, 0.3) is 0 Å². The first-order chi connectivity index (χ1) is 9.52. The maximum absolute atomic E-state index is 12.0. The van der Waals surface area contributed by atoms with Crippen molar-refractivity contribution in [3.05, 3.63) is 0 Å². The molecule has 20 heavy (non-hydrogen) atoms. The molecule has 0 aromatic rings. The maximum Gasteiger partial charge on any atom is 0.328 e. The SMILES string of the molecule is COC(=O)C(CC(C)C)NC(=O)CCC1CCCCC1. The van der Waals surface area contributed by atoms with E-state index in [1.807, 2.05) is 13.8 Å². The topological polar surface area (TPSA) is 55.4 Å². The minimum atomic E-state index is -0.501. The van der Waals surface area contributed by atoms with Crippen LogP contribution < -0.4 is 5.32 Å². The van der Waals surface area contributed by atoms with Crippen molar-refractivity contribution in [1.82, 2.24) is 5.32 Å². The van der Waals surface area contributed by atoms with Crippen LogP contribution in [-0.4, -0.2) is 25.0 Å². The Hall–Kier alpha value is -1.06. The second-order valence-electron chi connectivity index (χ2n) is 6.32. The maximum atomic E-state index is 12.0. The zero-order valence-corrected chi connectivity index (χ0v) is 13.1. The van der Waals surface area contributed by atoms with Gasteiger partial charge in [0.25, 0.3) is 0 Å². The summed E-state index contributed by atoms with van der Waals surface area (Å²) in [6, 6.07) is -0.501. The predicted octanol–water partition coefficient (Wildman–Crippen LogP) is 3.05. The Labute approximate surface area is 122 Å². The summed E-state index contributed by atoms with van der Waals surface area (Å²) in [6.07, 6.45) is 8.52. The Bertz CT molecular complexity index is 309. The predicted molar refractivity (Wildman–Crippen MR) is 79.2 cm³/mol. The standard InChI is InChI=1S/C16H29NO3/c1-12(2)11-14(16(19)20-3)17-15(18)10-9-13-7-5-4-6-8-13/h12-14H,4-11H2,1-3H3,(H,17,18). The van der Waals surface area contributed by atoms with Crippen molar-refractivity contribution < 1.29 is 14.3 Å². The van der Waals surface area contributed by atoms with Crippen LogP contribution in [0.1, 0.15) is 65.2 Å². The summed E-state index contributed by atoms with van der Waals surface area (Å²) >= 11 is 0. The molecule has 1 aliphatic rings. The van der Waals surface area contributed by atoms with E-state index in [1.165, 1.54) is 39.2 Å². The first kappa shape index (κ1) is 17.0. The third-order valence-corrected chi connectivity index (χ3v) is 4.03. The first-order valence-electron chi connectivity index (χ1n) is 7.90. The lowest BCUT2D eigenvalue weighted by Gasteiger charge is -2.22. The molecule has 1 aliphatic carbocycles. The van der Waals surface area contributed by atoms with Gasteiger partial charge in [0.1, 0.15) is 6.04 Å². The Morgan fingerprint density at radius 3 is 2.40 bits per heavy atom. The molecule has 0 saturated heterocycles. The van der Waals surface area contributed by atoms with Crippen molar-refractivity contribution >= 4 is 11.9 Å². The van der Waals surface area contributed by atoms with Crippen molar-refractivity contribution in [2.45, 2.75) is 71.3 Å². The van der Waals surface area contributed by atoms with Crippen molar-refractivity contribution in [2.24, 2.45) is 11.8 Å². The molecule has 4 heteroatoms. The largest absolute Gasteiger partial charge is 0.467 e. The van der Waals surface area contributed by atoms with Crippen molar-refractivity contribution in [1.29, 1.82) is 0 Å². The number of ether oxygens (including phenoxy) is 1. The van der Waals surface area contributed by atoms with Gasteiger partial charge < -0.3 is 10.1 Å². The van der Waals surface area contributed by atoms with Crippen LogP contribution in [0.2, 0.25) is 0 Å². The van der Waals surface area contributed by atoms with Crippen molar-refractivity contribution in [3.63, 3.8) is 0 Å². The third-order valence-electron chi connectivity index (χ3n) is 4.03. The molecule has 0 aromatic carbocycles. The Morgan fingerprint density at radius 2 is 1.85 bits per heavy atom. The van der Waals surface area contributed by atoms with Gasteiger partial charge in [-0.1, -0.05) is 46.0 Å². The lowest BCUT2D eigenvalue weighted by Crippen LogP contribution is -2.42. The van der Waals surface area contributed by atoms with E-state index >= 15 is 0 Å². The molecule has 4 nitrogen and oxygen atoms in total. The number of methoxy groups -OCH3 is 1. The summed E-state index contributed by atoms with van der Waals surface area (Å²) in [4.78, 5) is 23.6. The molecule has 1 N–H and O–H groups in total. The molecule has 0 aromatic heterocycles. The van der Waals surface area contributed by atoms with E-state index in [1.54, 1.807) is 0 Å². The van der Waals surface area contributed by atoms with Gasteiger partial charge in [-0.15, -0.1) is 0 Å². The zero-order valence-electron chi connectivity index (χ0n) is 13.1. The highest BCUT2D eigenvalue weighted by molar-refractivity contribution is 5.84. The molecule has 0 aliphatic heterocycles. The van der Waals surface area contributed by atoms with Gasteiger partial charge in [0.15, 0.2) is 0 Å². The van der Waals surface area contributed by atoms with E-state index in [-0.39, 0.29) is 11.9 Å². The van der Waals surface area contributed by atoms with E-state index in [0.29, 0.717) is 24.7 Å². The zero-order chi connectivity index (χ0) is 15.0. The molecule has 0 radical (unpaired) electrons. The summed E-state index contributed by atoms with van der Waals surface area (Å²) < 4.78 is 4.75. The monoisotopic (exact) mass is 283 g/mol. The summed E-state index contributed by atoms with van der Waals surface area (Å²) in [6.45, 7) is 4.06. The van der Waals surface area contributed by atoms with Gasteiger partial charge in [0, 0.05) is 6.42 Å². The number of rotatable bonds is 7. The number of amides is 1. The Kier molecular flexibility index (Phi) is 7.63. The molecule has 1 unspecified atom stereocenters. The van der Waals surface area contributed by atoms with Gasteiger partial charge in [0.2, 0.25) is 5.91 Å². The average molecular weight is 283 g/mol. The van der Waals surface area contributed by atoms with Gasteiger partial charge in [-0.2, -0.15) is 0 Å². The van der Waals surface area contributed by atoms with Gasteiger partial charge in [-0.25, -0.2) is 4.79 Å². The van der Waals surface area contributed by atoms with Crippen LogP contribution in [0.15, 0.2) is 0 Å². The molecule has 1 saturated carbocycles. The molecule has 1 atom stereocenters. The summed E-state index contributed by atoms with van der Waals surface area (Å²) in [5.41, 5.74) is 0. The van der Waals surface area contributed by atoms with Gasteiger partial charge >= 0.3 is 5.97 Å². The fourth-order valence-electron chi connectivity index (χ4n) is 2.91. The number of nitrogens with one attached hydrogen (secondary N) is 1. The van der Waals surface area contributed by atoms with E-state index < -0.39 is 6.04 Å². The minimum Gasteiger partial charge on any atom is -0.467 e. The molecule has 1 rings (SSSR count). The lowest BCUT2D eigenvalue weighted by atomic mass is 9.86. The number of carbonyl (C=O) groups is 2. The van der Waals surface area contributed by atoms with Crippen molar-refractivity contribution in [3.8, 4) is 0 Å². The highest BCUT2D eigenvalue weighted by atomic mass is 16.5. The van der Waals surface area contributed by atoms with E-state index in [4.69, 9.17) is 4.74 Å². The molecule has 1 amide bonds. The average Bonchev–Trinajstić information content (AvgIpc) is 2.44. The number of hydrogen-bond acceptors (Lipinski definition) is 3. The van der Waals surface area contributed by atoms with Crippen LogP contribution in [-0.2, 0) is 14.3 Å². The fraction of sp³-hybridized carbons (Fsp3) is 0.875. The number of esters is 1. The Balaban J connectivity index is 2.34. The second-order valence-corrected chi connectivity index (χ2v) is 6.32.